The van der Waals surface area contributed by atoms with Gasteiger partial charge < -0.3 is 15.5 Å². The second-order valence-electron chi connectivity index (χ2n) is 6.26. The van der Waals surface area contributed by atoms with E-state index in [1.165, 1.54) is 31.2 Å². The molecule has 0 spiro atoms. The zero-order valence-corrected chi connectivity index (χ0v) is 16.6. The molecule has 0 aromatic heterocycles. The Morgan fingerprint density at radius 2 is 1.76 bits per heavy atom. The summed E-state index contributed by atoms with van der Waals surface area (Å²) in [5.74, 6) is -0.948. The van der Waals surface area contributed by atoms with Crippen molar-refractivity contribution in [3.05, 3.63) is 69.9 Å². The predicted octanol–water partition coefficient (Wildman–Crippen LogP) is 3.56. The van der Waals surface area contributed by atoms with E-state index in [2.05, 4.69) is 29.4 Å². The van der Waals surface area contributed by atoms with Gasteiger partial charge in [-0.05, 0) is 49.8 Å². The summed E-state index contributed by atoms with van der Waals surface area (Å²) < 4.78 is 0. The van der Waals surface area contributed by atoms with Gasteiger partial charge in [0.05, 0.1) is 4.92 Å². The molecule has 0 bridgehead atoms. The van der Waals surface area contributed by atoms with Crippen LogP contribution >= 0.6 is 0 Å². The van der Waals surface area contributed by atoms with E-state index < -0.39 is 16.7 Å². The number of carbonyl (C=O) groups excluding carboxylic acids is 2. The molecular weight excluding hydrogens is 372 g/mol. The Morgan fingerprint density at radius 1 is 1.10 bits per heavy atom. The number of hydrogen-bond acceptors (Lipinski definition) is 5. The average Bonchev–Trinajstić information content (AvgIpc) is 2.69. The summed E-state index contributed by atoms with van der Waals surface area (Å²) in [6.45, 7) is 7.17. The van der Waals surface area contributed by atoms with Crippen molar-refractivity contribution in [2.24, 2.45) is 0 Å². The number of nitrogens with one attached hydrogen (secondary N) is 2. The van der Waals surface area contributed by atoms with Gasteiger partial charge >= 0.3 is 0 Å². The van der Waals surface area contributed by atoms with Crippen molar-refractivity contribution in [3.63, 3.8) is 0 Å². The van der Waals surface area contributed by atoms with E-state index in [1.807, 2.05) is 12.1 Å². The summed E-state index contributed by atoms with van der Waals surface area (Å²) in [4.78, 5) is 36.8. The molecule has 0 heterocycles. The number of anilines is 2. The van der Waals surface area contributed by atoms with Crippen molar-refractivity contribution in [3.8, 4) is 0 Å². The Kier molecular flexibility index (Phi) is 7.47. The Bertz CT molecular complexity index is 919. The van der Waals surface area contributed by atoms with Crippen LogP contribution < -0.4 is 15.5 Å². The highest BCUT2D eigenvalue weighted by molar-refractivity contribution is 6.08. The number of nitro benzene ring substituents is 1. The van der Waals surface area contributed by atoms with Gasteiger partial charge in [-0.25, -0.2) is 0 Å². The summed E-state index contributed by atoms with van der Waals surface area (Å²) in [6, 6.07) is 13.2. The molecule has 0 atom stereocenters. The van der Waals surface area contributed by atoms with Gasteiger partial charge in [0.1, 0.15) is 5.70 Å². The van der Waals surface area contributed by atoms with Gasteiger partial charge in [0.25, 0.3) is 11.6 Å². The van der Waals surface area contributed by atoms with Gasteiger partial charge in [0, 0.05) is 43.5 Å². The lowest BCUT2D eigenvalue weighted by Crippen LogP contribution is -2.29. The van der Waals surface area contributed by atoms with Crippen molar-refractivity contribution < 1.29 is 14.5 Å². The zero-order chi connectivity index (χ0) is 21.4. The molecule has 0 radical (unpaired) electrons. The summed E-state index contributed by atoms with van der Waals surface area (Å²) >= 11 is 0. The quantitative estimate of drug-likeness (QED) is 0.403. The molecule has 2 amide bonds. The summed E-state index contributed by atoms with van der Waals surface area (Å²) in [5, 5.41) is 16.2. The Balaban J connectivity index is 2.24. The number of nitro groups is 1. The van der Waals surface area contributed by atoms with Crippen molar-refractivity contribution in [2.45, 2.75) is 20.8 Å². The number of non-ortho nitro benzene ring substituents is 1. The number of nitrogens with zero attached hydrogens (tertiary/aromatic N) is 2. The molecule has 2 aromatic carbocycles. The second kappa shape index (κ2) is 10.0. The van der Waals surface area contributed by atoms with E-state index in [0.717, 1.165) is 18.8 Å². The minimum atomic E-state index is -0.526. The van der Waals surface area contributed by atoms with Gasteiger partial charge in [-0.3, -0.25) is 19.7 Å². The summed E-state index contributed by atoms with van der Waals surface area (Å²) in [6.07, 6.45) is 1.40. The maximum Gasteiger partial charge on any atom is 0.272 e. The first-order valence-electron chi connectivity index (χ1n) is 9.24. The van der Waals surface area contributed by atoms with E-state index >= 15 is 0 Å². The smallest absolute Gasteiger partial charge is 0.272 e. The van der Waals surface area contributed by atoms with E-state index in [9.17, 15) is 19.7 Å². The fourth-order valence-corrected chi connectivity index (χ4v) is 2.79. The van der Waals surface area contributed by atoms with Crippen molar-refractivity contribution in [1.29, 1.82) is 0 Å². The predicted molar refractivity (Wildman–Crippen MR) is 114 cm³/mol. The van der Waals surface area contributed by atoms with Crippen LogP contribution in [0.3, 0.4) is 0 Å². The molecule has 0 fully saturated rings. The molecule has 0 aliphatic carbocycles. The molecule has 0 saturated carbocycles. The third kappa shape index (κ3) is 6.17. The SMILES string of the molecule is CCN(CC)c1ccc(NC(=O)/C(=C/c2cccc([N+](=O)[O-])c2)NC(C)=O)cc1. The fourth-order valence-electron chi connectivity index (χ4n) is 2.79. The van der Waals surface area contributed by atoms with Gasteiger partial charge in [-0.1, -0.05) is 12.1 Å². The van der Waals surface area contributed by atoms with Gasteiger partial charge in [0.15, 0.2) is 0 Å². The fraction of sp³-hybridized carbons (Fsp3) is 0.238. The van der Waals surface area contributed by atoms with Crippen LogP contribution in [0.25, 0.3) is 6.08 Å². The molecule has 8 heteroatoms. The highest BCUT2D eigenvalue weighted by Crippen LogP contribution is 2.19. The van der Waals surface area contributed by atoms with E-state index in [-0.39, 0.29) is 11.4 Å². The van der Waals surface area contributed by atoms with E-state index in [4.69, 9.17) is 0 Å². The molecule has 29 heavy (non-hydrogen) atoms. The summed E-state index contributed by atoms with van der Waals surface area (Å²) in [7, 11) is 0. The maximum atomic E-state index is 12.7. The minimum Gasteiger partial charge on any atom is -0.372 e. The van der Waals surface area contributed by atoms with Crippen LogP contribution in [0.5, 0.6) is 0 Å². The van der Waals surface area contributed by atoms with Crippen molar-refractivity contribution in [2.75, 3.05) is 23.3 Å². The number of amides is 2. The lowest BCUT2D eigenvalue weighted by atomic mass is 10.1. The Morgan fingerprint density at radius 3 is 2.31 bits per heavy atom. The first-order valence-corrected chi connectivity index (χ1v) is 9.24. The minimum absolute atomic E-state index is 0.00850. The first kappa shape index (κ1) is 21.6. The first-order chi connectivity index (χ1) is 13.8. The molecule has 2 aromatic rings. The Labute approximate surface area is 169 Å². The van der Waals surface area contributed by atoms with Gasteiger partial charge in [-0.15, -0.1) is 0 Å². The van der Waals surface area contributed by atoms with Crippen LogP contribution in [0.1, 0.15) is 26.3 Å². The van der Waals surface area contributed by atoms with Crippen molar-refractivity contribution >= 4 is 35.0 Å². The van der Waals surface area contributed by atoms with Crippen LogP contribution in [0.4, 0.5) is 17.1 Å². The average molecular weight is 396 g/mol. The summed E-state index contributed by atoms with van der Waals surface area (Å²) in [5.41, 5.74) is 1.93. The van der Waals surface area contributed by atoms with Gasteiger partial charge in [-0.2, -0.15) is 0 Å². The largest absolute Gasteiger partial charge is 0.372 e. The number of hydrogen-bond donors (Lipinski definition) is 2. The highest BCUT2D eigenvalue weighted by atomic mass is 16.6. The number of carbonyl (C=O) groups is 2. The van der Waals surface area contributed by atoms with Crippen LogP contribution in [0.15, 0.2) is 54.2 Å². The molecule has 0 unspecified atom stereocenters. The number of benzene rings is 2. The maximum absolute atomic E-state index is 12.7. The molecule has 2 N–H and O–H groups in total. The van der Waals surface area contributed by atoms with Crippen LogP contribution in [-0.4, -0.2) is 29.8 Å². The van der Waals surface area contributed by atoms with E-state index in [1.54, 1.807) is 18.2 Å². The number of rotatable bonds is 8. The normalized spacial score (nSPS) is 10.9. The third-order valence-corrected chi connectivity index (χ3v) is 4.20. The molecule has 2 rings (SSSR count). The standard InChI is InChI=1S/C21H24N4O4/c1-4-24(5-2)18-11-9-17(10-12-18)23-21(27)20(22-15(3)26)14-16-7-6-8-19(13-16)25(28)29/h6-14H,4-5H2,1-3H3,(H,22,26)(H,23,27)/b20-14-. The third-order valence-electron chi connectivity index (χ3n) is 4.20. The molecule has 8 nitrogen and oxygen atoms in total. The van der Waals surface area contributed by atoms with Crippen molar-refractivity contribution in [1.82, 2.24) is 5.32 Å². The molecule has 0 aliphatic heterocycles. The van der Waals surface area contributed by atoms with Crippen LogP contribution in [-0.2, 0) is 9.59 Å². The molecule has 0 aliphatic rings. The lowest BCUT2D eigenvalue weighted by molar-refractivity contribution is -0.384. The van der Waals surface area contributed by atoms with E-state index in [0.29, 0.717) is 11.3 Å². The Hall–Kier alpha value is -3.68. The topological polar surface area (TPSA) is 105 Å². The zero-order valence-electron chi connectivity index (χ0n) is 16.6. The monoisotopic (exact) mass is 396 g/mol. The lowest BCUT2D eigenvalue weighted by Gasteiger charge is -2.21. The van der Waals surface area contributed by atoms with Crippen LogP contribution in [0.2, 0.25) is 0 Å². The van der Waals surface area contributed by atoms with Crippen LogP contribution in [0, 0.1) is 10.1 Å². The molecule has 0 saturated heterocycles. The highest BCUT2D eigenvalue weighted by Gasteiger charge is 2.13. The van der Waals surface area contributed by atoms with Gasteiger partial charge in [0.2, 0.25) is 5.91 Å². The molecular formula is C21H24N4O4. The second-order valence-corrected chi connectivity index (χ2v) is 6.26. The molecule has 152 valence electrons.